The Bertz CT molecular complexity index is 181. The average molecular weight is 198 g/mol. The van der Waals surface area contributed by atoms with Gasteiger partial charge in [0.05, 0.1) is 13.4 Å². The van der Waals surface area contributed by atoms with Crippen LogP contribution in [0.1, 0.15) is 25.7 Å². The van der Waals surface area contributed by atoms with E-state index >= 15 is 0 Å². The summed E-state index contributed by atoms with van der Waals surface area (Å²) in [5, 5.41) is 0. The van der Waals surface area contributed by atoms with Crippen molar-refractivity contribution < 1.29 is 4.74 Å². The normalized spacial score (nSPS) is 24.3. The molecule has 13 heavy (non-hydrogen) atoms. The van der Waals surface area contributed by atoms with E-state index in [2.05, 4.69) is 19.6 Å². The van der Waals surface area contributed by atoms with Gasteiger partial charge in [0.25, 0.3) is 0 Å². The Morgan fingerprint density at radius 1 is 1.23 bits per heavy atom. The van der Waals surface area contributed by atoms with Gasteiger partial charge in [-0.05, 0) is 36.8 Å². The van der Waals surface area contributed by atoms with Crippen LogP contribution in [0.3, 0.4) is 0 Å². The van der Waals surface area contributed by atoms with Crippen LogP contribution in [-0.4, -0.2) is 15.2 Å². The zero-order valence-corrected chi connectivity index (χ0v) is 10.4. The van der Waals surface area contributed by atoms with E-state index in [1.54, 1.807) is 7.11 Å². The fraction of sp³-hybridized carbons (Fsp3) is 0.818. The fourth-order valence-corrected chi connectivity index (χ4v) is 4.16. The summed E-state index contributed by atoms with van der Waals surface area (Å²) in [6, 6.07) is 0. The summed E-state index contributed by atoms with van der Waals surface area (Å²) in [6.07, 6.45) is 7.27. The van der Waals surface area contributed by atoms with Gasteiger partial charge in [0, 0.05) is 8.07 Å². The van der Waals surface area contributed by atoms with Crippen molar-refractivity contribution in [2.75, 3.05) is 7.11 Å². The maximum atomic E-state index is 5.05. The van der Waals surface area contributed by atoms with E-state index in [9.17, 15) is 0 Å². The van der Waals surface area contributed by atoms with Crippen molar-refractivity contribution in [2.24, 2.45) is 0 Å². The third kappa shape index (κ3) is 3.18. The Morgan fingerprint density at radius 3 is 2.15 bits per heavy atom. The minimum absolute atomic E-state index is 0.877. The second-order valence-electron chi connectivity index (χ2n) is 5.15. The predicted octanol–water partition coefficient (Wildman–Crippen LogP) is 3.80. The molecule has 0 atom stereocenters. The first-order valence-electron chi connectivity index (χ1n) is 5.24. The molecule has 0 amide bonds. The molecule has 2 heteroatoms. The van der Waals surface area contributed by atoms with E-state index in [1.165, 1.54) is 31.3 Å². The van der Waals surface area contributed by atoms with Crippen LogP contribution in [0.25, 0.3) is 0 Å². The summed E-state index contributed by atoms with van der Waals surface area (Å²) in [4.78, 5) is 0. The first-order chi connectivity index (χ1) is 6.04. The topological polar surface area (TPSA) is 9.23 Å². The number of allylic oxidation sites excluding steroid dienone is 1. The average Bonchev–Trinajstić information content (AvgIpc) is 2.04. The highest BCUT2D eigenvalue weighted by Gasteiger charge is 2.28. The van der Waals surface area contributed by atoms with E-state index in [1.807, 2.05) is 6.26 Å². The maximum Gasteiger partial charge on any atom is 0.0816 e. The van der Waals surface area contributed by atoms with Crippen LogP contribution in [0.15, 0.2) is 11.8 Å². The van der Waals surface area contributed by atoms with Gasteiger partial charge in [-0.15, -0.1) is 0 Å². The third-order valence-electron chi connectivity index (χ3n) is 3.14. The van der Waals surface area contributed by atoms with Gasteiger partial charge in [0.2, 0.25) is 0 Å². The van der Waals surface area contributed by atoms with E-state index in [-0.39, 0.29) is 0 Å². The van der Waals surface area contributed by atoms with Crippen molar-refractivity contribution >= 4 is 8.07 Å². The number of ether oxygens (including phenoxy) is 1. The molecule has 1 saturated carbocycles. The summed E-state index contributed by atoms with van der Waals surface area (Å²) in [5.41, 5.74) is 2.54. The van der Waals surface area contributed by atoms with E-state index < -0.39 is 8.07 Å². The van der Waals surface area contributed by atoms with Gasteiger partial charge < -0.3 is 4.74 Å². The zero-order valence-electron chi connectivity index (χ0n) is 9.39. The lowest BCUT2D eigenvalue weighted by Gasteiger charge is -2.33. The van der Waals surface area contributed by atoms with Crippen molar-refractivity contribution in [1.82, 2.24) is 0 Å². The molecule has 1 aliphatic rings. The largest absolute Gasteiger partial charge is 0.504 e. The van der Waals surface area contributed by atoms with E-state index in [0.29, 0.717) is 0 Å². The summed E-state index contributed by atoms with van der Waals surface area (Å²) in [6.45, 7) is 7.47. The van der Waals surface area contributed by atoms with Crippen LogP contribution < -0.4 is 0 Å². The summed E-state index contributed by atoms with van der Waals surface area (Å²) >= 11 is 0. The molecule has 0 spiro atoms. The Kier molecular flexibility index (Phi) is 3.60. The van der Waals surface area contributed by atoms with Gasteiger partial charge in [-0.3, -0.25) is 0 Å². The molecular weight excluding hydrogens is 176 g/mol. The SMILES string of the molecule is COC=C1CCC([Si](C)(C)C)CC1. The van der Waals surface area contributed by atoms with Crippen molar-refractivity contribution in [3.8, 4) is 0 Å². The Balaban J connectivity index is 2.44. The molecule has 1 rings (SSSR count). The van der Waals surface area contributed by atoms with Crippen LogP contribution >= 0.6 is 0 Å². The Morgan fingerprint density at radius 2 is 1.77 bits per heavy atom. The van der Waals surface area contributed by atoms with E-state index in [0.717, 1.165) is 5.54 Å². The molecule has 0 heterocycles. The van der Waals surface area contributed by atoms with Gasteiger partial charge in [0.1, 0.15) is 0 Å². The Labute approximate surface area is 83.2 Å². The lowest BCUT2D eigenvalue weighted by molar-refractivity contribution is 0.328. The maximum absolute atomic E-state index is 5.05. The smallest absolute Gasteiger partial charge is 0.0816 e. The number of methoxy groups -OCH3 is 1. The standard InChI is InChI=1S/C11H22OSi/c1-12-9-10-5-7-11(8-6-10)13(2,3)4/h9,11H,5-8H2,1-4H3. The molecule has 0 unspecified atom stereocenters. The number of hydrogen-bond acceptors (Lipinski definition) is 1. The molecule has 1 nitrogen and oxygen atoms in total. The number of hydrogen-bond donors (Lipinski definition) is 0. The zero-order chi connectivity index (χ0) is 9.90. The van der Waals surface area contributed by atoms with Gasteiger partial charge >= 0.3 is 0 Å². The quantitative estimate of drug-likeness (QED) is 0.484. The van der Waals surface area contributed by atoms with Gasteiger partial charge in [-0.25, -0.2) is 0 Å². The second-order valence-corrected chi connectivity index (χ2v) is 10.7. The first kappa shape index (κ1) is 10.8. The molecule has 1 fully saturated rings. The molecule has 0 aromatic rings. The summed E-state index contributed by atoms with van der Waals surface area (Å²) in [5.74, 6) is 0. The van der Waals surface area contributed by atoms with Gasteiger partial charge in [-0.2, -0.15) is 0 Å². The molecule has 76 valence electrons. The van der Waals surface area contributed by atoms with Crippen LogP contribution in [-0.2, 0) is 4.74 Å². The summed E-state index contributed by atoms with van der Waals surface area (Å²) in [7, 11) is 0.871. The molecule has 1 aliphatic carbocycles. The molecule has 0 bridgehead atoms. The highest BCUT2D eigenvalue weighted by Crippen LogP contribution is 2.38. The van der Waals surface area contributed by atoms with Crippen LogP contribution in [0, 0.1) is 0 Å². The van der Waals surface area contributed by atoms with Gasteiger partial charge in [0.15, 0.2) is 0 Å². The molecule has 0 radical (unpaired) electrons. The molecule has 0 saturated heterocycles. The second kappa shape index (κ2) is 4.31. The lowest BCUT2D eigenvalue weighted by Crippen LogP contribution is -2.29. The fourth-order valence-electron chi connectivity index (χ4n) is 2.14. The highest BCUT2D eigenvalue weighted by atomic mass is 28.3. The monoisotopic (exact) mass is 198 g/mol. The van der Waals surface area contributed by atoms with Crippen molar-refractivity contribution in [3.63, 3.8) is 0 Å². The van der Waals surface area contributed by atoms with Gasteiger partial charge in [-0.1, -0.05) is 19.6 Å². The third-order valence-corrected chi connectivity index (χ3v) is 6.16. The Hall–Kier alpha value is -0.243. The van der Waals surface area contributed by atoms with E-state index in [4.69, 9.17) is 4.74 Å². The molecule has 0 N–H and O–H groups in total. The van der Waals surface area contributed by atoms with Crippen LogP contribution in [0.4, 0.5) is 0 Å². The minimum Gasteiger partial charge on any atom is -0.504 e. The highest BCUT2D eigenvalue weighted by molar-refractivity contribution is 6.77. The molecule has 0 aromatic carbocycles. The number of rotatable bonds is 2. The van der Waals surface area contributed by atoms with Crippen molar-refractivity contribution in [3.05, 3.63) is 11.8 Å². The van der Waals surface area contributed by atoms with Crippen LogP contribution in [0.5, 0.6) is 0 Å². The molecule has 0 aliphatic heterocycles. The first-order valence-corrected chi connectivity index (χ1v) is 8.82. The molecular formula is C11H22OSi. The summed E-state index contributed by atoms with van der Waals surface area (Å²) < 4.78 is 5.05. The lowest BCUT2D eigenvalue weighted by atomic mass is 9.95. The van der Waals surface area contributed by atoms with Crippen LogP contribution in [0.2, 0.25) is 25.2 Å². The molecule has 0 aromatic heterocycles. The predicted molar refractivity (Wildman–Crippen MR) is 60.7 cm³/mol. The van der Waals surface area contributed by atoms with Crippen molar-refractivity contribution in [1.29, 1.82) is 0 Å². The van der Waals surface area contributed by atoms with Crippen molar-refractivity contribution in [2.45, 2.75) is 50.9 Å². The minimum atomic E-state index is -0.877.